The summed E-state index contributed by atoms with van der Waals surface area (Å²) in [7, 11) is 0. The minimum atomic E-state index is -1.42. The van der Waals surface area contributed by atoms with Crippen LogP contribution in [0.1, 0.15) is 46.0 Å². The topological polar surface area (TPSA) is 98.7 Å². The van der Waals surface area contributed by atoms with Gasteiger partial charge in [-0.2, -0.15) is 0 Å². The Morgan fingerprint density at radius 3 is 2.42 bits per heavy atom. The van der Waals surface area contributed by atoms with Crippen molar-refractivity contribution in [2.45, 2.75) is 58.1 Å². The van der Waals surface area contributed by atoms with Crippen LogP contribution in [0.2, 0.25) is 0 Å². The van der Waals surface area contributed by atoms with E-state index in [0.29, 0.717) is 5.41 Å². The molecule has 1 atom stereocenters. The van der Waals surface area contributed by atoms with E-state index in [4.69, 9.17) is 10.2 Å². The van der Waals surface area contributed by atoms with Gasteiger partial charge in [0, 0.05) is 19.0 Å². The summed E-state index contributed by atoms with van der Waals surface area (Å²) < 4.78 is 0. The van der Waals surface area contributed by atoms with Crippen LogP contribution in [-0.2, 0) is 4.79 Å². The van der Waals surface area contributed by atoms with Crippen LogP contribution >= 0.6 is 0 Å². The van der Waals surface area contributed by atoms with Crippen LogP contribution in [-0.4, -0.2) is 40.9 Å². The Bertz CT molecular complexity index is 321. The number of aliphatic hydroxyl groups is 1. The molecule has 0 aromatic heterocycles. The molecule has 1 rings (SSSR count). The fraction of sp³-hybridized carbons (Fsp3) is 0.846. The average Bonchev–Trinajstić information content (AvgIpc) is 2.31. The maximum atomic E-state index is 11.6. The molecule has 6 nitrogen and oxygen atoms in total. The summed E-state index contributed by atoms with van der Waals surface area (Å²) >= 11 is 0. The fourth-order valence-corrected chi connectivity index (χ4v) is 2.23. The second kappa shape index (κ2) is 6.75. The van der Waals surface area contributed by atoms with Crippen molar-refractivity contribution in [1.29, 1.82) is 0 Å². The highest BCUT2D eigenvalue weighted by atomic mass is 16.4. The van der Waals surface area contributed by atoms with Crippen molar-refractivity contribution >= 4 is 12.0 Å². The third kappa shape index (κ3) is 5.92. The molecule has 2 amide bonds. The zero-order valence-corrected chi connectivity index (χ0v) is 11.6. The zero-order valence-electron chi connectivity index (χ0n) is 11.6. The molecular formula is C13H24N2O4. The first-order chi connectivity index (χ1) is 8.80. The molecule has 1 saturated carbocycles. The van der Waals surface area contributed by atoms with E-state index in [1.165, 1.54) is 0 Å². The predicted molar refractivity (Wildman–Crippen MR) is 70.8 cm³/mol. The number of aliphatic hydroxyl groups excluding tert-OH is 1. The summed E-state index contributed by atoms with van der Waals surface area (Å²) in [6.45, 7) is 4.62. The molecule has 110 valence electrons. The summed E-state index contributed by atoms with van der Waals surface area (Å²) in [4.78, 5) is 21.9. The van der Waals surface area contributed by atoms with Gasteiger partial charge in [-0.15, -0.1) is 0 Å². The molecule has 0 unspecified atom stereocenters. The van der Waals surface area contributed by atoms with Crippen molar-refractivity contribution in [3.63, 3.8) is 0 Å². The predicted octanol–water partition coefficient (Wildman–Crippen LogP) is 1.09. The van der Waals surface area contributed by atoms with Crippen LogP contribution in [0.5, 0.6) is 0 Å². The summed E-state index contributed by atoms with van der Waals surface area (Å²) in [6.07, 6.45) is 2.72. The Morgan fingerprint density at radius 1 is 1.32 bits per heavy atom. The number of carboxylic acids is 1. The Balaban J connectivity index is 2.16. The van der Waals surface area contributed by atoms with Gasteiger partial charge in [-0.25, -0.2) is 9.59 Å². The molecule has 0 heterocycles. The van der Waals surface area contributed by atoms with Crippen LogP contribution in [0.4, 0.5) is 4.79 Å². The molecular weight excluding hydrogens is 248 g/mol. The van der Waals surface area contributed by atoms with Gasteiger partial charge in [-0.05, 0) is 31.1 Å². The van der Waals surface area contributed by atoms with E-state index >= 15 is 0 Å². The lowest BCUT2D eigenvalue weighted by Gasteiger charge is -2.34. The van der Waals surface area contributed by atoms with Crippen molar-refractivity contribution < 1.29 is 19.8 Å². The largest absolute Gasteiger partial charge is 0.479 e. The van der Waals surface area contributed by atoms with Gasteiger partial charge in [-0.3, -0.25) is 0 Å². The number of aliphatic carboxylic acids is 1. The molecule has 0 spiro atoms. The number of hydrogen-bond acceptors (Lipinski definition) is 3. The average molecular weight is 272 g/mol. The molecule has 0 aliphatic heterocycles. The van der Waals surface area contributed by atoms with Crippen molar-refractivity contribution in [3.05, 3.63) is 0 Å². The maximum absolute atomic E-state index is 11.6. The fourth-order valence-electron chi connectivity index (χ4n) is 2.23. The Kier molecular flexibility index (Phi) is 5.60. The summed E-state index contributed by atoms with van der Waals surface area (Å²) in [6, 6.07) is -0.0975. The Morgan fingerprint density at radius 2 is 1.89 bits per heavy atom. The molecule has 6 heteroatoms. The number of carbonyl (C=O) groups excluding carboxylic acids is 1. The zero-order chi connectivity index (χ0) is 14.5. The minimum Gasteiger partial charge on any atom is -0.479 e. The minimum absolute atomic E-state index is 0.0143. The van der Waals surface area contributed by atoms with E-state index in [1.54, 1.807) is 0 Å². The molecule has 0 saturated heterocycles. The lowest BCUT2D eigenvalue weighted by Crippen LogP contribution is -2.45. The number of carbonyl (C=O) groups is 2. The summed E-state index contributed by atoms with van der Waals surface area (Å²) in [5, 5.41) is 23.0. The van der Waals surface area contributed by atoms with E-state index in [1.807, 2.05) is 0 Å². The molecule has 0 aromatic rings. The van der Waals surface area contributed by atoms with Gasteiger partial charge in [0.15, 0.2) is 6.10 Å². The molecule has 19 heavy (non-hydrogen) atoms. The highest BCUT2D eigenvalue weighted by Gasteiger charge is 2.27. The summed E-state index contributed by atoms with van der Waals surface area (Å²) in [5.74, 6) is -1.27. The Labute approximate surface area is 113 Å². The van der Waals surface area contributed by atoms with E-state index in [9.17, 15) is 9.59 Å². The van der Waals surface area contributed by atoms with Gasteiger partial charge in [0.25, 0.3) is 0 Å². The van der Waals surface area contributed by atoms with Crippen molar-refractivity contribution in [2.24, 2.45) is 5.41 Å². The second-order valence-electron chi connectivity index (χ2n) is 5.98. The van der Waals surface area contributed by atoms with Crippen LogP contribution in [0.15, 0.2) is 0 Å². The van der Waals surface area contributed by atoms with Gasteiger partial charge in [0.2, 0.25) is 0 Å². The Hall–Kier alpha value is -1.30. The highest BCUT2D eigenvalue weighted by Crippen LogP contribution is 2.34. The number of nitrogens with one attached hydrogen (secondary N) is 2. The van der Waals surface area contributed by atoms with Crippen LogP contribution in [0.3, 0.4) is 0 Å². The third-order valence-corrected chi connectivity index (χ3v) is 3.66. The first-order valence-corrected chi connectivity index (χ1v) is 6.75. The van der Waals surface area contributed by atoms with E-state index in [2.05, 4.69) is 24.5 Å². The first kappa shape index (κ1) is 15.8. The van der Waals surface area contributed by atoms with E-state index in [-0.39, 0.29) is 25.0 Å². The monoisotopic (exact) mass is 272 g/mol. The maximum Gasteiger partial charge on any atom is 0.332 e. The van der Waals surface area contributed by atoms with E-state index in [0.717, 1.165) is 25.7 Å². The third-order valence-electron chi connectivity index (χ3n) is 3.66. The molecule has 1 aliphatic carbocycles. The lowest BCUT2D eigenvalue weighted by molar-refractivity contribution is -0.146. The van der Waals surface area contributed by atoms with Crippen LogP contribution in [0, 0.1) is 5.41 Å². The van der Waals surface area contributed by atoms with Gasteiger partial charge in [0.05, 0.1) is 0 Å². The van der Waals surface area contributed by atoms with Gasteiger partial charge < -0.3 is 20.8 Å². The van der Waals surface area contributed by atoms with Crippen LogP contribution < -0.4 is 10.6 Å². The van der Waals surface area contributed by atoms with Crippen molar-refractivity contribution in [2.75, 3.05) is 6.54 Å². The molecule has 4 N–H and O–H groups in total. The molecule has 0 bridgehead atoms. The first-order valence-electron chi connectivity index (χ1n) is 6.75. The standard InChI is InChI=1S/C13H24N2O4/c1-13(2)6-3-9(4-7-13)15-12(19)14-8-5-10(16)11(17)18/h9-10,16H,3-8H2,1-2H3,(H,17,18)(H2,14,15,19)/t10-/m0/s1. The number of carboxylic acid groups (broad SMARTS) is 1. The van der Waals surface area contributed by atoms with Gasteiger partial charge >= 0.3 is 12.0 Å². The normalized spacial score (nSPS) is 20.6. The highest BCUT2D eigenvalue weighted by molar-refractivity contribution is 5.74. The molecule has 1 fully saturated rings. The SMILES string of the molecule is CC1(C)CCC(NC(=O)NCC[C@H](O)C(=O)O)CC1. The lowest BCUT2D eigenvalue weighted by atomic mass is 9.76. The number of hydrogen-bond donors (Lipinski definition) is 4. The molecule has 0 aromatic carbocycles. The van der Waals surface area contributed by atoms with Crippen molar-refractivity contribution in [3.8, 4) is 0 Å². The van der Waals surface area contributed by atoms with Gasteiger partial charge in [0.1, 0.15) is 0 Å². The second-order valence-corrected chi connectivity index (χ2v) is 5.98. The number of rotatable bonds is 5. The smallest absolute Gasteiger partial charge is 0.332 e. The van der Waals surface area contributed by atoms with E-state index < -0.39 is 12.1 Å². The van der Waals surface area contributed by atoms with Crippen molar-refractivity contribution in [1.82, 2.24) is 10.6 Å². The van der Waals surface area contributed by atoms with Crippen LogP contribution in [0.25, 0.3) is 0 Å². The molecule has 1 aliphatic rings. The number of amides is 2. The number of urea groups is 1. The van der Waals surface area contributed by atoms with Gasteiger partial charge in [-0.1, -0.05) is 13.8 Å². The molecule has 0 radical (unpaired) electrons. The summed E-state index contributed by atoms with van der Waals surface area (Å²) in [5.41, 5.74) is 0.361. The quantitative estimate of drug-likeness (QED) is 0.602.